The van der Waals surface area contributed by atoms with E-state index in [1.807, 2.05) is 58.3 Å². The highest BCUT2D eigenvalue weighted by atomic mass is 32.2. The van der Waals surface area contributed by atoms with Gasteiger partial charge in [0.1, 0.15) is 0 Å². The Morgan fingerprint density at radius 3 is 1.58 bits per heavy atom. The predicted octanol–water partition coefficient (Wildman–Crippen LogP) is 3.26. The quantitative estimate of drug-likeness (QED) is 0.846. The molecule has 4 nitrogen and oxygen atoms in total. The molecule has 2 aliphatic heterocycles. The molecule has 2 aromatic carbocycles. The molecule has 2 amide bonds. The minimum absolute atomic E-state index is 0.103. The molecule has 24 heavy (non-hydrogen) atoms. The van der Waals surface area contributed by atoms with E-state index in [0.29, 0.717) is 24.6 Å². The van der Waals surface area contributed by atoms with Crippen LogP contribution in [0.25, 0.3) is 0 Å². The summed E-state index contributed by atoms with van der Waals surface area (Å²) in [6.45, 7) is 1.03. The normalized spacial score (nSPS) is 16.8. The van der Waals surface area contributed by atoms with Gasteiger partial charge in [-0.3, -0.25) is 9.59 Å². The minimum Gasteiger partial charge on any atom is -0.309 e. The van der Waals surface area contributed by atoms with Crippen molar-refractivity contribution in [1.82, 2.24) is 0 Å². The second-order valence-electron chi connectivity index (χ2n) is 5.60. The number of nitrogens with zero attached hydrogens (tertiary/aromatic N) is 2. The van der Waals surface area contributed by atoms with Gasteiger partial charge in [0.05, 0.1) is 22.9 Å². The Morgan fingerprint density at radius 2 is 1.12 bits per heavy atom. The highest BCUT2D eigenvalue weighted by Gasteiger charge is 2.28. The lowest BCUT2D eigenvalue weighted by molar-refractivity contribution is -0.117. The van der Waals surface area contributed by atoms with Gasteiger partial charge < -0.3 is 9.80 Å². The first-order chi connectivity index (χ1) is 11.7. The third-order valence-corrected chi connectivity index (χ3v) is 6.26. The smallest absolute Gasteiger partial charge is 0.237 e. The molecule has 0 saturated heterocycles. The predicted molar refractivity (Wildman–Crippen MR) is 99.0 cm³/mol. The number of hydrogen-bond acceptors (Lipinski definition) is 4. The monoisotopic (exact) mass is 356 g/mol. The number of amides is 2. The van der Waals surface area contributed by atoms with Crippen molar-refractivity contribution >= 4 is 46.7 Å². The Bertz CT molecular complexity index is 742. The summed E-state index contributed by atoms with van der Waals surface area (Å²) in [5.41, 5.74) is 1.90. The topological polar surface area (TPSA) is 40.6 Å². The number of benzene rings is 2. The zero-order chi connectivity index (χ0) is 16.5. The highest BCUT2D eigenvalue weighted by molar-refractivity contribution is 8.00. The third-order valence-electron chi connectivity index (χ3n) is 4.16. The standard InChI is InChI=1S/C18H16N2O2S2/c21-17-11-23-15-7-3-1-5-13(15)19(17)9-10-20-14-6-2-4-8-16(14)24-12-18(20)22/h1-8H,9-12H2. The molecule has 0 aliphatic carbocycles. The number of hydrogen-bond donors (Lipinski definition) is 0. The Balaban J connectivity index is 1.57. The number of anilines is 2. The highest BCUT2D eigenvalue weighted by Crippen LogP contribution is 2.37. The van der Waals surface area contributed by atoms with E-state index >= 15 is 0 Å². The first-order valence-electron chi connectivity index (χ1n) is 7.78. The van der Waals surface area contributed by atoms with Gasteiger partial charge in [0.15, 0.2) is 0 Å². The lowest BCUT2D eigenvalue weighted by Crippen LogP contribution is -2.44. The van der Waals surface area contributed by atoms with E-state index in [0.717, 1.165) is 21.2 Å². The zero-order valence-corrected chi connectivity index (χ0v) is 14.6. The van der Waals surface area contributed by atoms with Crippen molar-refractivity contribution < 1.29 is 9.59 Å². The summed E-state index contributed by atoms with van der Waals surface area (Å²) in [6, 6.07) is 15.9. The molecule has 4 rings (SSSR count). The van der Waals surface area contributed by atoms with Gasteiger partial charge in [-0.1, -0.05) is 24.3 Å². The van der Waals surface area contributed by atoms with Crippen LogP contribution in [0.2, 0.25) is 0 Å². The summed E-state index contributed by atoms with van der Waals surface area (Å²) in [6.07, 6.45) is 0. The molecule has 6 heteroatoms. The molecule has 2 aromatic rings. The van der Waals surface area contributed by atoms with Crippen LogP contribution in [0.4, 0.5) is 11.4 Å². The first-order valence-corrected chi connectivity index (χ1v) is 9.75. The molecule has 0 fully saturated rings. The molecule has 2 heterocycles. The molecule has 0 aromatic heterocycles. The van der Waals surface area contributed by atoms with E-state index in [9.17, 15) is 9.59 Å². The first kappa shape index (κ1) is 15.6. The molecular weight excluding hydrogens is 340 g/mol. The van der Waals surface area contributed by atoms with Gasteiger partial charge in [0, 0.05) is 22.9 Å². The molecule has 0 atom stereocenters. The largest absolute Gasteiger partial charge is 0.309 e. The van der Waals surface area contributed by atoms with Crippen molar-refractivity contribution in [3.8, 4) is 0 Å². The number of thioether (sulfide) groups is 2. The second-order valence-corrected chi connectivity index (χ2v) is 7.64. The molecule has 0 N–H and O–H groups in total. The van der Waals surface area contributed by atoms with Crippen LogP contribution in [0.1, 0.15) is 0 Å². The molecule has 122 valence electrons. The summed E-state index contributed by atoms with van der Waals surface area (Å²) in [5, 5.41) is 0. The fourth-order valence-electron chi connectivity index (χ4n) is 3.00. The van der Waals surface area contributed by atoms with Gasteiger partial charge in [0.25, 0.3) is 0 Å². The zero-order valence-electron chi connectivity index (χ0n) is 13.0. The second kappa shape index (κ2) is 6.53. The Kier molecular flexibility index (Phi) is 4.24. The number of carbonyl (C=O) groups is 2. The lowest BCUT2D eigenvalue weighted by Gasteiger charge is -2.33. The Hall–Kier alpha value is -1.92. The average Bonchev–Trinajstić information content (AvgIpc) is 2.62. The molecule has 0 bridgehead atoms. The maximum absolute atomic E-state index is 12.4. The van der Waals surface area contributed by atoms with Crippen molar-refractivity contribution in [2.24, 2.45) is 0 Å². The summed E-state index contributed by atoms with van der Waals surface area (Å²) < 4.78 is 0. The van der Waals surface area contributed by atoms with Crippen LogP contribution in [-0.4, -0.2) is 36.4 Å². The van der Waals surface area contributed by atoms with Crippen LogP contribution in [0.3, 0.4) is 0 Å². The van der Waals surface area contributed by atoms with Crippen molar-refractivity contribution in [2.75, 3.05) is 34.4 Å². The van der Waals surface area contributed by atoms with Crippen LogP contribution in [0.5, 0.6) is 0 Å². The Morgan fingerprint density at radius 1 is 0.708 bits per heavy atom. The van der Waals surface area contributed by atoms with E-state index in [1.54, 1.807) is 23.5 Å². The van der Waals surface area contributed by atoms with Crippen molar-refractivity contribution in [1.29, 1.82) is 0 Å². The molecule has 0 unspecified atom stereocenters. The van der Waals surface area contributed by atoms with E-state index in [-0.39, 0.29) is 11.8 Å². The summed E-state index contributed by atoms with van der Waals surface area (Å²) in [7, 11) is 0. The molecule has 0 radical (unpaired) electrons. The van der Waals surface area contributed by atoms with Crippen LogP contribution in [0, 0.1) is 0 Å². The van der Waals surface area contributed by atoms with E-state index in [2.05, 4.69) is 0 Å². The van der Waals surface area contributed by atoms with Crippen molar-refractivity contribution in [2.45, 2.75) is 9.79 Å². The molecule has 2 aliphatic rings. The fourth-order valence-corrected chi connectivity index (χ4v) is 4.87. The minimum atomic E-state index is 0.103. The van der Waals surface area contributed by atoms with Gasteiger partial charge in [-0.2, -0.15) is 0 Å². The van der Waals surface area contributed by atoms with Gasteiger partial charge in [-0.15, -0.1) is 23.5 Å². The fraction of sp³-hybridized carbons (Fsp3) is 0.222. The maximum atomic E-state index is 12.4. The molecular formula is C18H16N2O2S2. The van der Waals surface area contributed by atoms with E-state index in [1.165, 1.54) is 0 Å². The van der Waals surface area contributed by atoms with Gasteiger partial charge >= 0.3 is 0 Å². The molecule has 0 spiro atoms. The summed E-state index contributed by atoms with van der Waals surface area (Å²) in [4.78, 5) is 30.6. The van der Waals surface area contributed by atoms with Crippen LogP contribution in [0.15, 0.2) is 58.3 Å². The van der Waals surface area contributed by atoms with Crippen LogP contribution < -0.4 is 9.80 Å². The van der Waals surface area contributed by atoms with Gasteiger partial charge in [-0.05, 0) is 24.3 Å². The summed E-state index contributed by atoms with van der Waals surface area (Å²) in [5.74, 6) is 1.12. The number of carbonyl (C=O) groups excluding carboxylic acids is 2. The third kappa shape index (κ3) is 2.80. The average molecular weight is 356 g/mol. The van der Waals surface area contributed by atoms with Crippen molar-refractivity contribution in [3.05, 3.63) is 48.5 Å². The molecule has 0 saturated carbocycles. The SMILES string of the molecule is O=C1CSc2ccccc2N1CCN1C(=O)CSc2ccccc21. The lowest BCUT2D eigenvalue weighted by atomic mass is 10.2. The Labute approximate surface area is 149 Å². The van der Waals surface area contributed by atoms with Gasteiger partial charge in [0.2, 0.25) is 11.8 Å². The van der Waals surface area contributed by atoms with Crippen molar-refractivity contribution in [3.63, 3.8) is 0 Å². The maximum Gasteiger partial charge on any atom is 0.237 e. The number of para-hydroxylation sites is 2. The van der Waals surface area contributed by atoms with E-state index < -0.39 is 0 Å². The summed E-state index contributed by atoms with van der Waals surface area (Å²) >= 11 is 3.15. The van der Waals surface area contributed by atoms with Crippen LogP contribution in [-0.2, 0) is 9.59 Å². The van der Waals surface area contributed by atoms with E-state index in [4.69, 9.17) is 0 Å². The van der Waals surface area contributed by atoms with Gasteiger partial charge in [-0.25, -0.2) is 0 Å². The number of fused-ring (bicyclic) bond motifs is 2. The van der Waals surface area contributed by atoms with Crippen LogP contribution >= 0.6 is 23.5 Å². The number of rotatable bonds is 3.